The molecule has 0 amide bonds. The van der Waals surface area contributed by atoms with Crippen LogP contribution < -0.4 is 19.6 Å². The summed E-state index contributed by atoms with van der Waals surface area (Å²) in [5, 5.41) is 7.27. The lowest BCUT2D eigenvalue weighted by Crippen LogP contribution is -2.15. The largest absolute Gasteiger partial charge is 0.310 e. The fourth-order valence-corrected chi connectivity index (χ4v) is 9.98. The van der Waals surface area contributed by atoms with Gasteiger partial charge in [-0.1, -0.05) is 146 Å². The zero-order chi connectivity index (χ0) is 47.5. The van der Waals surface area contributed by atoms with E-state index in [-0.39, 0.29) is 0 Å². The SMILES string of the molecule is Cc1cc(N(c2ccccc2)c2ccc3ccccc3c2)ccc1N(c1ccc(N(c2ccccc2)c2ccc3ccccc3c2)cc1)c1ccc(N(c2ccccc2)c2ccc3ccccc3c2)cc1. The van der Waals surface area contributed by atoms with E-state index in [0.717, 1.165) is 73.8 Å². The van der Waals surface area contributed by atoms with Gasteiger partial charge < -0.3 is 19.6 Å². The number of hydrogen-bond donors (Lipinski definition) is 0. The van der Waals surface area contributed by atoms with Crippen LogP contribution in [0, 0.1) is 6.92 Å². The highest BCUT2D eigenvalue weighted by Crippen LogP contribution is 2.45. The molecule has 4 nitrogen and oxygen atoms in total. The van der Waals surface area contributed by atoms with Gasteiger partial charge in [-0.2, -0.15) is 0 Å². The summed E-state index contributed by atoms with van der Waals surface area (Å²) in [5.74, 6) is 0. The molecule has 4 heteroatoms. The summed E-state index contributed by atoms with van der Waals surface area (Å²) in [6, 6.07) is 103. The second-order valence-corrected chi connectivity index (χ2v) is 17.9. The highest BCUT2D eigenvalue weighted by Gasteiger charge is 2.21. The lowest BCUT2D eigenvalue weighted by atomic mass is 10.1. The topological polar surface area (TPSA) is 13.0 Å². The first kappa shape index (κ1) is 42.9. The molecule has 12 aromatic rings. The minimum absolute atomic E-state index is 1.05. The Morgan fingerprint density at radius 1 is 0.183 bits per heavy atom. The molecule has 71 heavy (non-hydrogen) atoms. The van der Waals surface area contributed by atoms with Gasteiger partial charge >= 0.3 is 0 Å². The van der Waals surface area contributed by atoms with Gasteiger partial charge in [0.2, 0.25) is 0 Å². The van der Waals surface area contributed by atoms with Crippen molar-refractivity contribution in [1.82, 2.24) is 0 Å². The van der Waals surface area contributed by atoms with Crippen molar-refractivity contribution in [3.8, 4) is 0 Å². The average molecular weight is 911 g/mol. The summed E-state index contributed by atoms with van der Waals surface area (Å²) < 4.78 is 0. The fourth-order valence-electron chi connectivity index (χ4n) is 9.98. The molecular weight excluding hydrogens is 861 g/mol. The van der Waals surface area contributed by atoms with Crippen LogP contribution in [0.3, 0.4) is 0 Å². The number of nitrogens with zero attached hydrogens (tertiary/aromatic N) is 4. The average Bonchev–Trinajstić information content (AvgIpc) is 3.43. The molecular formula is C67H50N4. The highest BCUT2D eigenvalue weighted by atomic mass is 15.2. The molecule has 0 radical (unpaired) electrons. The molecule has 0 unspecified atom stereocenters. The molecule has 0 fully saturated rings. The number of fused-ring (bicyclic) bond motifs is 3. The molecule has 0 N–H and O–H groups in total. The van der Waals surface area contributed by atoms with E-state index in [1.54, 1.807) is 0 Å². The van der Waals surface area contributed by atoms with Gasteiger partial charge in [-0.15, -0.1) is 0 Å². The van der Waals surface area contributed by atoms with E-state index in [4.69, 9.17) is 0 Å². The van der Waals surface area contributed by atoms with Gasteiger partial charge in [-0.25, -0.2) is 0 Å². The van der Waals surface area contributed by atoms with Crippen LogP contribution in [-0.2, 0) is 0 Å². The van der Waals surface area contributed by atoms with Crippen LogP contribution in [0.25, 0.3) is 32.3 Å². The third-order valence-corrected chi connectivity index (χ3v) is 13.4. The van der Waals surface area contributed by atoms with Crippen molar-refractivity contribution in [2.24, 2.45) is 0 Å². The summed E-state index contributed by atoms with van der Waals surface area (Å²) in [5.41, 5.74) is 14.1. The first-order chi connectivity index (χ1) is 35.1. The number of rotatable bonds is 12. The Hall–Kier alpha value is -9.38. The van der Waals surface area contributed by atoms with E-state index in [1.807, 2.05) is 0 Å². The van der Waals surface area contributed by atoms with E-state index in [1.165, 1.54) is 32.3 Å². The lowest BCUT2D eigenvalue weighted by Gasteiger charge is -2.31. The quantitative estimate of drug-likeness (QED) is 0.121. The predicted molar refractivity (Wildman–Crippen MR) is 302 cm³/mol. The number of aryl methyl sites for hydroxylation is 1. The first-order valence-corrected chi connectivity index (χ1v) is 24.2. The van der Waals surface area contributed by atoms with Gasteiger partial charge in [0.25, 0.3) is 0 Å². The van der Waals surface area contributed by atoms with Gasteiger partial charge in [-0.3, -0.25) is 0 Å². The van der Waals surface area contributed by atoms with Crippen molar-refractivity contribution >= 4 is 101 Å². The van der Waals surface area contributed by atoms with Crippen LogP contribution in [0.5, 0.6) is 0 Å². The first-order valence-electron chi connectivity index (χ1n) is 24.2. The Bertz CT molecular complexity index is 3610. The lowest BCUT2D eigenvalue weighted by molar-refractivity contribution is 1.22. The van der Waals surface area contributed by atoms with Crippen molar-refractivity contribution < 1.29 is 0 Å². The van der Waals surface area contributed by atoms with Gasteiger partial charge in [0.1, 0.15) is 0 Å². The molecule has 0 saturated heterocycles. The van der Waals surface area contributed by atoms with Gasteiger partial charge in [0, 0.05) is 68.2 Å². The molecule has 0 saturated carbocycles. The monoisotopic (exact) mass is 910 g/mol. The molecule has 0 aromatic heterocycles. The van der Waals surface area contributed by atoms with E-state index in [0.29, 0.717) is 0 Å². The summed E-state index contributed by atoms with van der Waals surface area (Å²) in [6.07, 6.45) is 0. The Morgan fingerprint density at radius 3 is 0.761 bits per heavy atom. The molecule has 0 bridgehead atoms. The Labute approximate surface area is 415 Å². The van der Waals surface area contributed by atoms with Crippen LogP contribution in [0.1, 0.15) is 5.56 Å². The second kappa shape index (κ2) is 19.0. The van der Waals surface area contributed by atoms with Crippen LogP contribution >= 0.6 is 0 Å². The van der Waals surface area contributed by atoms with Crippen LogP contribution in [0.4, 0.5) is 68.2 Å². The maximum absolute atomic E-state index is 2.39. The standard InChI is InChI=1S/C67H50N4/c1-49-45-63(70(58-27-9-4-10-28-58)66-34-31-52-19-13-16-22-55(52)48-66)43-44-67(49)71(61-39-35-59(36-40-61)68(56-23-5-2-6-24-56)64-32-29-50-17-11-14-20-53(50)46-64)62-41-37-60(38-42-62)69(57-25-7-3-8-26-57)65-33-30-51-18-12-15-21-54(51)47-65/h2-48H,1H3. The second-order valence-electron chi connectivity index (χ2n) is 17.9. The van der Waals surface area contributed by atoms with Gasteiger partial charge in [-0.05, 0) is 184 Å². The number of para-hydroxylation sites is 3. The minimum atomic E-state index is 1.05. The molecule has 12 aromatic carbocycles. The predicted octanol–water partition coefficient (Wildman–Crippen LogP) is 19.3. The van der Waals surface area contributed by atoms with Gasteiger partial charge in [0.15, 0.2) is 0 Å². The maximum Gasteiger partial charge on any atom is 0.0492 e. The van der Waals surface area contributed by atoms with Crippen LogP contribution in [0.2, 0.25) is 0 Å². The Morgan fingerprint density at radius 2 is 0.423 bits per heavy atom. The molecule has 0 atom stereocenters. The maximum atomic E-state index is 2.39. The van der Waals surface area contributed by atoms with Crippen LogP contribution in [0.15, 0.2) is 285 Å². The molecule has 338 valence electrons. The summed E-state index contributed by atoms with van der Waals surface area (Å²) in [4.78, 5) is 9.42. The Kier molecular flexibility index (Phi) is 11.5. The highest BCUT2D eigenvalue weighted by molar-refractivity contribution is 5.93. The van der Waals surface area contributed by atoms with E-state index >= 15 is 0 Å². The Balaban J connectivity index is 0.976. The molecule has 0 heterocycles. The molecule has 12 rings (SSSR count). The van der Waals surface area contributed by atoms with E-state index < -0.39 is 0 Å². The molecule has 0 spiro atoms. The van der Waals surface area contributed by atoms with Crippen molar-refractivity contribution in [2.45, 2.75) is 6.92 Å². The number of benzene rings is 12. The van der Waals surface area contributed by atoms with Crippen molar-refractivity contribution in [1.29, 1.82) is 0 Å². The summed E-state index contributed by atoms with van der Waals surface area (Å²) in [7, 11) is 0. The molecule has 0 aliphatic carbocycles. The number of hydrogen-bond acceptors (Lipinski definition) is 4. The van der Waals surface area contributed by atoms with Crippen molar-refractivity contribution in [2.75, 3.05) is 19.6 Å². The molecule has 0 aliphatic rings. The minimum Gasteiger partial charge on any atom is -0.310 e. The normalized spacial score (nSPS) is 11.2. The zero-order valence-electron chi connectivity index (χ0n) is 39.4. The van der Waals surface area contributed by atoms with E-state index in [2.05, 4.69) is 312 Å². The third-order valence-electron chi connectivity index (χ3n) is 13.4. The fraction of sp³-hybridized carbons (Fsp3) is 0.0149. The van der Waals surface area contributed by atoms with Gasteiger partial charge in [0.05, 0.1) is 0 Å². The summed E-state index contributed by atoms with van der Waals surface area (Å²) >= 11 is 0. The zero-order valence-corrected chi connectivity index (χ0v) is 39.4. The van der Waals surface area contributed by atoms with Crippen LogP contribution in [-0.4, -0.2) is 0 Å². The number of anilines is 12. The van der Waals surface area contributed by atoms with Crippen molar-refractivity contribution in [3.05, 3.63) is 291 Å². The van der Waals surface area contributed by atoms with Crippen molar-refractivity contribution in [3.63, 3.8) is 0 Å². The molecule has 0 aliphatic heterocycles. The third kappa shape index (κ3) is 8.60. The summed E-state index contributed by atoms with van der Waals surface area (Å²) in [6.45, 7) is 2.23. The van der Waals surface area contributed by atoms with E-state index in [9.17, 15) is 0 Å². The smallest absolute Gasteiger partial charge is 0.0492 e.